The van der Waals surface area contributed by atoms with Gasteiger partial charge in [0.25, 0.3) is 5.89 Å². The van der Waals surface area contributed by atoms with E-state index in [4.69, 9.17) is 9.15 Å². The van der Waals surface area contributed by atoms with E-state index < -0.39 is 28.5 Å². The zero-order chi connectivity index (χ0) is 29.0. The lowest BCUT2D eigenvalue weighted by atomic mass is 9.96. The molecule has 8 nitrogen and oxygen atoms in total. The number of methoxy groups -OCH3 is 1. The van der Waals surface area contributed by atoms with E-state index in [2.05, 4.69) is 21.5 Å². The van der Waals surface area contributed by atoms with Crippen LogP contribution in [-0.4, -0.2) is 27.5 Å². The number of aryl methyl sites for hydroxylation is 2. The number of rotatable bonds is 7. The fourth-order valence-electron chi connectivity index (χ4n) is 3.43. The Morgan fingerprint density at radius 3 is 2.39 bits per heavy atom. The number of nitrogens with one attached hydrogen (secondary N) is 2. The molecular formula is C28H36FN3O5S. The molecule has 0 saturated carbocycles. The molecule has 0 bridgehead atoms. The summed E-state index contributed by atoms with van der Waals surface area (Å²) in [5.41, 5.74) is 3.52. The number of carbonyl (C=O) groups excluding carboxylic acids is 1. The Hall–Kier alpha value is -3.79. The molecule has 0 fully saturated rings. The summed E-state index contributed by atoms with van der Waals surface area (Å²) in [5.74, 6) is -1.95. The molecule has 0 aliphatic heterocycles. The third-order valence-electron chi connectivity index (χ3n) is 5.40. The lowest BCUT2D eigenvalue weighted by molar-refractivity contribution is -0.139. The summed E-state index contributed by atoms with van der Waals surface area (Å²) in [5, 5.41) is 6.00. The Morgan fingerprint density at radius 1 is 1.21 bits per heavy atom. The van der Waals surface area contributed by atoms with E-state index in [1.54, 1.807) is 51.1 Å². The maximum atomic E-state index is 14.8. The third kappa shape index (κ3) is 8.11. The molecule has 0 amide bonds. The summed E-state index contributed by atoms with van der Waals surface area (Å²) in [6, 6.07) is 8.11. The fourth-order valence-corrected chi connectivity index (χ4v) is 4.62. The van der Waals surface area contributed by atoms with Gasteiger partial charge in [0.1, 0.15) is 11.5 Å². The number of hydrogen-bond acceptors (Lipinski definition) is 6. The number of H-pyrrole nitrogens is 1. The van der Waals surface area contributed by atoms with Crippen LogP contribution >= 0.6 is 0 Å². The molecule has 2 aromatic carbocycles. The average molecular weight is 546 g/mol. The molecule has 0 radical (unpaired) electrons. The van der Waals surface area contributed by atoms with Gasteiger partial charge in [0.05, 0.1) is 18.4 Å². The first kappa shape index (κ1) is 32.2. The third-order valence-corrected chi connectivity index (χ3v) is 6.57. The van der Waals surface area contributed by atoms with Crippen molar-refractivity contribution < 1.29 is 22.5 Å². The molecule has 3 aromatic rings. The maximum absolute atomic E-state index is 14.8. The largest absolute Gasteiger partial charge is 0.469 e. The molecule has 0 aliphatic carbocycles. The summed E-state index contributed by atoms with van der Waals surface area (Å²) in [6.07, 6.45) is 1.67. The standard InChI is InChI=1S/C23H24FN3O5S.C3H6.C2H6/c1-12-9-10-17(24)20(14(12)3)15(4)21(22-25-26-23(29)32-22)27-33(30)18-8-6-7-13(2)16(18)11-19(28)31-5;1-3-2;1-2/h6-10,27H,11H2,1-5H3,(H,26,29);3H,1H2,2H3;1-2H3/b21-15+;;. The van der Waals surface area contributed by atoms with Gasteiger partial charge >= 0.3 is 11.7 Å². The van der Waals surface area contributed by atoms with Crippen molar-refractivity contribution in [1.29, 1.82) is 0 Å². The summed E-state index contributed by atoms with van der Waals surface area (Å²) in [6.45, 7) is 16.3. The first-order valence-electron chi connectivity index (χ1n) is 12.0. The van der Waals surface area contributed by atoms with Crippen LogP contribution in [0.25, 0.3) is 11.3 Å². The molecule has 0 aliphatic rings. The Morgan fingerprint density at radius 2 is 1.84 bits per heavy atom. The summed E-state index contributed by atoms with van der Waals surface area (Å²) in [7, 11) is -0.636. The van der Waals surface area contributed by atoms with Crippen molar-refractivity contribution in [3.05, 3.63) is 93.1 Å². The van der Waals surface area contributed by atoms with Crippen molar-refractivity contribution in [2.24, 2.45) is 0 Å². The van der Waals surface area contributed by atoms with Gasteiger partial charge in [0.2, 0.25) is 0 Å². The van der Waals surface area contributed by atoms with E-state index in [1.807, 2.05) is 27.7 Å². The van der Waals surface area contributed by atoms with Crippen molar-refractivity contribution in [3.8, 4) is 0 Å². The molecule has 1 aromatic heterocycles. The number of hydrogen-bond donors (Lipinski definition) is 2. The van der Waals surface area contributed by atoms with Crippen LogP contribution in [0.5, 0.6) is 0 Å². The molecule has 10 heteroatoms. The van der Waals surface area contributed by atoms with Crippen LogP contribution in [0.4, 0.5) is 4.39 Å². The Bertz CT molecular complexity index is 1380. The number of ether oxygens (including phenoxy) is 1. The summed E-state index contributed by atoms with van der Waals surface area (Å²) >= 11 is 0. The normalized spacial score (nSPS) is 11.6. The molecule has 1 unspecified atom stereocenters. The van der Waals surface area contributed by atoms with E-state index in [0.717, 1.165) is 11.1 Å². The van der Waals surface area contributed by atoms with Crippen LogP contribution in [0.1, 0.15) is 61.4 Å². The van der Waals surface area contributed by atoms with Gasteiger partial charge in [-0.1, -0.05) is 38.1 Å². The van der Waals surface area contributed by atoms with Crippen molar-refractivity contribution in [2.45, 2.75) is 59.8 Å². The van der Waals surface area contributed by atoms with Crippen molar-refractivity contribution in [1.82, 2.24) is 14.9 Å². The Labute approximate surface area is 225 Å². The Kier molecular flexibility index (Phi) is 13.1. The van der Waals surface area contributed by atoms with Crippen LogP contribution in [0.15, 0.2) is 57.1 Å². The number of halogens is 1. The number of allylic oxidation sites excluding steroid dienone is 2. The second-order valence-corrected chi connectivity index (χ2v) is 9.05. The minimum absolute atomic E-state index is 0.0739. The molecule has 1 heterocycles. The van der Waals surface area contributed by atoms with Crippen molar-refractivity contribution in [3.63, 3.8) is 0 Å². The van der Waals surface area contributed by atoms with Gasteiger partial charge in [-0.2, -0.15) is 0 Å². The van der Waals surface area contributed by atoms with Gasteiger partial charge in [-0.05, 0) is 74.6 Å². The van der Waals surface area contributed by atoms with Crippen molar-refractivity contribution >= 4 is 28.2 Å². The quantitative estimate of drug-likeness (QED) is 0.297. The lowest BCUT2D eigenvalue weighted by Gasteiger charge is -2.17. The molecule has 3 rings (SSSR count). The van der Waals surface area contributed by atoms with Gasteiger partial charge in [-0.25, -0.2) is 18.5 Å². The van der Waals surface area contributed by atoms with E-state index in [0.29, 0.717) is 21.6 Å². The molecule has 1 atom stereocenters. The van der Waals surface area contributed by atoms with E-state index in [9.17, 15) is 18.2 Å². The van der Waals surface area contributed by atoms with Gasteiger partial charge in [-0.3, -0.25) is 9.52 Å². The van der Waals surface area contributed by atoms with Gasteiger partial charge in [-0.15, -0.1) is 11.7 Å². The van der Waals surface area contributed by atoms with E-state index in [1.165, 1.54) is 13.2 Å². The van der Waals surface area contributed by atoms with Crippen LogP contribution in [-0.2, 0) is 26.9 Å². The monoisotopic (exact) mass is 545 g/mol. The zero-order valence-electron chi connectivity index (χ0n) is 23.2. The SMILES string of the molecule is C=CC.CC.COC(=O)Cc1c(C)cccc1S(=O)N/C(=C(\C)c1c(F)ccc(C)c1C)c1n[nH]c(=O)o1. The predicted molar refractivity (Wildman–Crippen MR) is 149 cm³/mol. The average Bonchev–Trinajstić information content (AvgIpc) is 3.33. The van der Waals surface area contributed by atoms with Crippen LogP contribution in [0.3, 0.4) is 0 Å². The fraction of sp³-hybridized carbons (Fsp3) is 0.321. The number of aromatic nitrogens is 2. The van der Waals surface area contributed by atoms with Crippen molar-refractivity contribution in [2.75, 3.05) is 7.11 Å². The molecule has 2 N–H and O–H groups in total. The zero-order valence-corrected chi connectivity index (χ0v) is 24.0. The smallest absolute Gasteiger partial charge is 0.434 e. The molecule has 206 valence electrons. The minimum Gasteiger partial charge on any atom is -0.469 e. The second-order valence-electron chi connectivity index (χ2n) is 7.87. The predicted octanol–water partition coefficient (Wildman–Crippen LogP) is 5.56. The summed E-state index contributed by atoms with van der Waals surface area (Å²) in [4.78, 5) is 23.9. The molecular weight excluding hydrogens is 509 g/mol. The maximum Gasteiger partial charge on any atom is 0.434 e. The van der Waals surface area contributed by atoms with E-state index in [-0.39, 0.29) is 23.6 Å². The highest BCUT2D eigenvalue weighted by Gasteiger charge is 2.23. The highest BCUT2D eigenvalue weighted by atomic mass is 32.2. The molecule has 0 spiro atoms. The second kappa shape index (κ2) is 15.5. The van der Waals surface area contributed by atoms with Gasteiger partial charge in [0, 0.05) is 5.56 Å². The highest BCUT2D eigenvalue weighted by molar-refractivity contribution is 7.83. The van der Waals surface area contributed by atoms with Gasteiger partial charge < -0.3 is 9.15 Å². The topological polar surface area (TPSA) is 114 Å². The van der Waals surface area contributed by atoms with Crippen LogP contribution in [0, 0.1) is 26.6 Å². The molecule has 0 saturated heterocycles. The Balaban J connectivity index is 0.00000135. The summed E-state index contributed by atoms with van der Waals surface area (Å²) < 4.78 is 40.9. The van der Waals surface area contributed by atoms with Gasteiger partial charge in [0.15, 0.2) is 11.0 Å². The van der Waals surface area contributed by atoms with E-state index >= 15 is 0 Å². The first-order chi connectivity index (χ1) is 18.0. The molecule has 38 heavy (non-hydrogen) atoms. The number of esters is 1. The number of carbonyl (C=O) groups is 1. The lowest BCUT2D eigenvalue weighted by Crippen LogP contribution is -2.20. The highest BCUT2D eigenvalue weighted by Crippen LogP contribution is 2.30. The number of nitrogens with zero attached hydrogens (tertiary/aromatic N) is 1. The minimum atomic E-state index is -1.91. The van der Waals surface area contributed by atoms with Crippen LogP contribution < -0.4 is 10.5 Å². The number of aromatic amines is 1. The number of benzene rings is 2. The van der Waals surface area contributed by atoms with Crippen LogP contribution in [0.2, 0.25) is 0 Å². The first-order valence-corrected chi connectivity index (χ1v) is 13.1.